The molecule has 1 aromatic heterocycles. The van der Waals surface area contributed by atoms with E-state index in [4.69, 9.17) is 16.3 Å². The Hall–Kier alpha value is -4.05. The van der Waals surface area contributed by atoms with E-state index in [1.807, 2.05) is 37.3 Å². The van der Waals surface area contributed by atoms with Crippen LogP contribution in [0.1, 0.15) is 52.6 Å². The highest BCUT2D eigenvalue weighted by atomic mass is 35.5. The second-order valence-corrected chi connectivity index (χ2v) is 10.2. The zero-order chi connectivity index (χ0) is 29.7. The van der Waals surface area contributed by atoms with Crippen LogP contribution in [0.2, 0.25) is 5.02 Å². The number of hydrogen-bond donors (Lipinski definition) is 2. The topological polar surface area (TPSA) is 98.4 Å². The molecule has 214 valence electrons. The molecule has 1 heterocycles. The normalized spacial score (nSPS) is 11.9. The molecule has 1 unspecified atom stereocenters. The zero-order valence-electron chi connectivity index (χ0n) is 23.2. The molecular weight excluding hydrogens is 547 g/mol. The molecule has 4 aromatic rings. The number of hydrogen-bond acceptors (Lipinski definition) is 5. The molecule has 4 rings (SSSR count). The highest BCUT2D eigenvalue weighted by molar-refractivity contribution is 6.34. The number of carbonyl (C=O) groups is 1. The first-order valence-electron chi connectivity index (χ1n) is 13.1. The average molecular weight is 579 g/mol. The molecule has 0 aliphatic carbocycles. The van der Waals surface area contributed by atoms with Gasteiger partial charge in [-0.3, -0.25) is 9.36 Å². The van der Waals surface area contributed by atoms with Gasteiger partial charge in [-0.05, 0) is 61.7 Å². The van der Waals surface area contributed by atoms with Gasteiger partial charge in [0.2, 0.25) is 0 Å². The number of ether oxygens (including phenoxy) is 1. The molecule has 8 nitrogen and oxygen atoms in total. The molecule has 2 N–H and O–H groups in total. The maximum Gasteiger partial charge on any atom is 0.350 e. The SMILES string of the molecule is C=C(C)C(CO)c1cc(-n2nc(COCc3ccccc3)n(CC)c2=O)c(F)cc1C(=O)Nc1cc(C)ccc1Cl. The number of anilines is 1. The summed E-state index contributed by atoms with van der Waals surface area (Å²) in [6, 6.07) is 17.1. The van der Waals surface area contributed by atoms with Crippen LogP contribution >= 0.6 is 11.6 Å². The van der Waals surface area contributed by atoms with Crippen molar-refractivity contribution in [3.8, 4) is 5.69 Å². The molecule has 0 fully saturated rings. The molecule has 0 aliphatic heterocycles. The van der Waals surface area contributed by atoms with Crippen LogP contribution in [0.5, 0.6) is 0 Å². The van der Waals surface area contributed by atoms with Gasteiger partial charge in [0.15, 0.2) is 5.82 Å². The molecule has 0 saturated heterocycles. The Morgan fingerprint density at radius 1 is 1.17 bits per heavy atom. The van der Waals surface area contributed by atoms with Gasteiger partial charge in [0.05, 0.1) is 23.9 Å². The number of aromatic nitrogens is 3. The van der Waals surface area contributed by atoms with Crippen molar-refractivity contribution >= 4 is 23.2 Å². The Kier molecular flexibility index (Phi) is 9.54. The molecule has 3 aromatic carbocycles. The van der Waals surface area contributed by atoms with Crippen molar-refractivity contribution in [2.75, 3.05) is 11.9 Å². The van der Waals surface area contributed by atoms with Crippen molar-refractivity contribution in [1.29, 1.82) is 0 Å². The van der Waals surface area contributed by atoms with Crippen molar-refractivity contribution in [3.05, 3.63) is 122 Å². The summed E-state index contributed by atoms with van der Waals surface area (Å²) in [4.78, 5) is 26.7. The summed E-state index contributed by atoms with van der Waals surface area (Å²) >= 11 is 6.26. The Bertz CT molecular complexity index is 1630. The lowest BCUT2D eigenvalue weighted by molar-refractivity contribution is 0.0989. The highest BCUT2D eigenvalue weighted by Gasteiger charge is 2.25. The van der Waals surface area contributed by atoms with E-state index in [1.54, 1.807) is 32.0 Å². The van der Waals surface area contributed by atoms with Crippen LogP contribution in [0, 0.1) is 12.7 Å². The van der Waals surface area contributed by atoms with Crippen LogP contribution in [0.15, 0.2) is 77.6 Å². The van der Waals surface area contributed by atoms with Crippen molar-refractivity contribution in [2.45, 2.75) is 46.4 Å². The van der Waals surface area contributed by atoms with Crippen molar-refractivity contribution < 1.29 is 19.0 Å². The molecule has 0 spiro atoms. The van der Waals surface area contributed by atoms with Crippen LogP contribution < -0.4 is 11.0 Å². The molecule has 41 heavy (non-hydrogen) atoms. The number of nitrogens with zero attached hydrogens (tertiary/aromatic N) is 3. The van der Waals surface area contributed by atoms with Gasteiger partial charge in [-0.15, -0.1) is 5.10 Å². The van der Waals surface area contributed by atoms with Gasteiger partial charge in [-0.25, -0.2) is 9.18 Å². The molecule has 10 heteroatoms. The third-order valence-corrected chi connectivity index (χ3v) is 7.04. The van der Waals surface area contributed by atoms with Crippen molar-refractivity contribution in [2.24, 2.45) is 0 Å². The van der Waals surface area contributed by atoms with E-state index in [2.05, 4.69) is 17.0 Å². The predicted octanol–water partition coefficient (Wildman–Crippen LogP) is 5.78. The molecule has 1 amide bonds. The quantitative estimate of drug-likeness (QED) is 0.220. The summed E-state index contributed by atoms with van der Waals surface area (Å²) in [5.41, 5.74) is 2.29. The standard InChI is InChI=1S/C31H32ClFN4O4/c1-5-36-29(18-41-17-21-9-7-6-8-10-21)35-37(31(36)40)28-15-22(24(16-38)19(2)3)23(14-26(28)33)30(39)34-27-13-20(4)11-12-25(27)32/h6-15,24,38H,2,5,16-18H2,1,3-4H3,(H,34,39). The lowest BCUT2D eigenvalue weighted by Crippen LogP contribution is -2.25. The van der Waals surface area contributed by atoms with Gasteiger partial charge in [0.25, 0.3) is 5.91 Å². The fourth-order valence-electron chi connectivity index (χ4n) is 4.52. The van der Waals surface area contributed by atoms with E-state index >= 15 is 4.39 Å². The number of aliphatic hydroxyl groups is 1. The average Bonchev–Trinajstić information content (AvgIpc) is 3.26. The smallest absolute Gasteiger partial charge is 0.350 e. The largest absolute Gasteiger partial charge is 0.395 e. The monoisotopic (exact) mass is 578 g/mol. The maximum absolute atomic E-state index is 15.7. The first-order chi connectivity index (χ1) is 19.6. The predicted molar refractivity (Wildman–Crippen MR) is 157 cm³/mol. The lowest BCUT2D eigenvalue weighted by Gasteiger charge is -2.20. The zero-order valence-corrected chi connectivity index (χ0v) is 23.9. The van der Waals surface area contributed by atoms with Gasteiger partial charge in [-0.2, -0.15) is 4.68 Å². The summed E-state index contributed by atoms with van der Waals surface area (Å²) in [5.74, 6) is -1.85. The summed E-state index contributed by atoms with van der Waals surface area (Å²) in [6.45, 7) is 9.51. The van der Waals surface area contributed by atoms with Gasteiger partial charge in [-0.1, -0.05) is 60.2 Å². The number of nitrogens with one attached hydrogen (secondary N) is 1. The first-order valence-corrected chi connectivity index (χ1v) is 13.5. The minimum absolute atomic E-state index is 0.0275. The van der Waals surface area contributed by atoms with Gasteiger partial charge < -0.3 is 15.2 Å². The van der Waals surface area contributed by atoms with E-state index in [9.17, 15) is 14.7 Å². The maximum atomic E-state index is 15.7. The highest BCUT2D eigenvalue weighted by Crippen LogP contribution is 2.31. The second kappa shape index (κ2) is 13.1. The number of aryl methyl sites for hydroxylation is 1. The third-order valence-electron chi connectivity index (χ3n) is 6.71. The van der Waals surface area contributed by atoms with E-state index < -0.39 is 23.3 Å². The Labute approximate surface area is 242 Å². The summed E-state index contributed by atoms with van der Waals surface area (Å²) in [5, 5.41) is 17.6. The van der Waals surface area contributed by atoms with Crippen LogP contribution in [-0.4, -0.2) is 32.0 Å². The molecule has 0 radical (unpaired) electrons. The second-order valence-electron chi connectivity index (χ2n) is 9.74. The van der Waals surface area contributed by atoms with Gasteiger partial charge in [0.1, 0.15) is 18.1 Å². The molecule has 0 saturated carbocycles. The van der Waals surface area contributed by atoms with Crippen molar-refractivity contribution in [3.63, 3.8) is 0 Å². The Morgan fingerprint density at radius 3 is 2.56 bits per heavy atom. The minimum atomic E-state index is -0.841. The van der Waals surface area contributed by atoms with Gasteiger partial charge >= 0.3 is 5.69 Å². The number of aliphatic hydroxyl groups excluding tert-OH is 1. The Balaban J connectivity index is 1.74. The lowest BCUT2D eigenvalue weighted by atomic mass is 9.89. The minimum Gasteiger partial charge on any atom is -0.395 e. The number of carbonyl (C=O) groups excluding carboxylic acids is 1. The van der Waals surface area contributed by atoms with E-state index in [0.29, 0.717) is 35.3 Å². The number of amides is 1. The van der Waals surface area contributed by atoms with Crippen LogP contribution in [0.3, 0.4) is 0 Å². The first kappa shape index (κ1) is 29.9. The summed E-state index contributed by atoms with van der Waals surface area (Å²) in [7, 11) is 0. The molecule has 0 aliphatic rings. The van der Waals surface area contributed by atoms with E-state index in [0.717, 1.165) is 21.9 Å². The summed E-state index contributed by atoms with van der Waals surface area (Å²) < 4.78 is 23.8. The van der Waals surface area contributed by atoms with Crippen LogP contribution in [-0.2, 0) is 24.5 Å². The van der Waals surface area contributed by atoms with Gasteiger partial charge in [0, 0.05) is 18.0 Å². The van der Waals surface area contributed by atoms with E-state index in [-0.39, 0.29) is 30.0 Å². The third kappa shape index (κ3) is 6.65. The number of benzene rings is 3. The molecule has 1 atom stereocenters. The fraction of sp³-hybridized carbons (Fsp3) is 0.258. The van der Waals surface area contributed by atoms with Crippen molar-refractivity contribution in [1.82, 2.24) is 14.3 Å². The molecular formula is C31H32ClFN4O4. The molecule has 0 bridgehead atoms. The summed E-state index contributed by atoms with van der Waals surface area (Å²) in [6.07, 6.45) is 0. The Morgan fingerprint density at radius 2 is 1.90 bits per heavy atom. The van der Waals surface area contributed by atoms with Crippen LogP contribution in [0.25, 0.3) is 5.69 Å². The number of rotatable bonds is 11. The van der Waals surface area contributed by atoms with Crippen LogP contribution in [0.4, 0.5) is 10.1 Å². The fourth-order valence-corrected chi connectivity index (χ4v) is 4.69. The van der Waals surface area contributed by atoms with E-state index in [1.165, 1.54) is 10.6 Å². The number of halogens is 2.